The fourth-order valence-corrected chi connectivity index (χ4v) is 1.94. The third kappa shape index (κ3) is 3.65. The second-order valence-corrected chi connectivity index (χ2v) is 4.18. The molecule has 1 atom stereocenters. The summed E-state index contributed by atoms with van der Waals surface area (Å²) in [5.41, 5.74) is 0. The molecule has 0 saturated carbocycles. The van der Waals surface area contributed by atoms with E-state index in [1.54, 1.807) is 0 Å². The molecule has 1 fully saturated rings. The predicted octanol–water partition coefficient (Wildman–Crippen LogP) is 1.86. The van der Waals surface area contributed by atoms with Crippen molar-refractivity contribution in [2.75, 3.05) is 19.6 Å². The monoisotopic (exact) mass is 184 g/mol. The Morgan fingerprint density at radius 3 is 2.38 bits per heavy atom. The number of hydrogen-bond acceptors (Lipinski definition) is 2. The molecular formula is C11H24N2. The molecule has 0 aromatic carbocycles. The topological polar surface area (TPSA) is 15.3 Å². The summed E-state index contributed by atoms with van der Waals surface area (Å²) in [5, 5.41) is 3.69. The Balaban J connectivity index is 2.17. The molecule has 0 radical (unpaired) electrons. The van der Waals surface area contributed by atoms with Crippen molar-refractivity contribution in [3.05, 3.63) is 0 Å². The van der Waals surface area contributed by atoms with Crippen LogP contribution in [0, 0.1) is 0 Å². The first-order chi connectivity index (χ1) is 6.26. The molecule has 0 aliphatic carbocycles. The molecule has 0 aromatic heterocycles. The summed E-state index contributed by atoms with van der Waals surface area (Å²) in [6, 6.07) is 1.47. The zero-order chi connectivity index (χ0) is 9.68. The number of nitrogens with one attached hydrogen (secondary N) is 1. The van der Waals surface area contributed by atoms with Gasteiger partial charge < -0.3 is 10.2 Å². The van der Waals surface area contributed by atoms with Crippen LogP contribution in [-0.4, -0.2) is 36.6 Å². The highest BCUT2D eigenvalue weighted by atomic mass is 15.1. The van der Waals surface area contributed by atoms with Gasteiger partial charge in [0.05, 0.1) is 0 Å². The van der Waals surface area contributed by atoms with E-state index in [9.17, 15) is 0 Å². The maximum atomic E-state index is 3.69. The van der Waals surface area contributed by atoms with Crippen LogP contribution in [0.25, 0.3) is 0 Å². The van der Waals surface area contributed by atoms with Crippen LogP contribution in [0.2, 0.25) is 0 Å². The predicted molar refractivity (Wildman–Crippen MR) is 58.0 cm³/mol. The van der Waals surface area contributed by atoms with Crippen molar-refractivity contribution in [2.24, 2.45) is 0 Å². The molecule has 1 aliphatic rings. The highest BCUT2D eigenvalue weighted by Gasteiger charge is 2.18. The number of rotatable bonds is 4. The van der Waals surface area contributed by atoms with Crippen LogP contribution in [0.3, 0.4) is 0 Å². The molecule has 0 bridgehead atoms. The van der Waals surface area contributed by atoms with Crippen molar-refractivity contribution >= 4 is 0 Å². The van der Waals surface area contributed by atoms with Gasteiger partial charge in [0.25, 0.3) is 0 Å². The number of likely N-dealkylation sites (tertiary alicyclic amines) is 1. The summed E-state index contributed by atoms with van der Waals surface area (Å²) < 4.78 is 0. The van der Waals surface area contributed by atoms with E-state index >= 15 is 0 Å². The van der Waals surface area contributed by atoms with E-state index in [1.807, 2.05) is 0 Å². The summed E-state index contributed by atoms with van der Waals surface area (Å²) in [4.78, 5) is 2.54. The third-order valence-corrected chi connectivity index (χ3v) is 3.17. The average Bonchev–Trinajstić information content (AvgIpc) is 2.19. The Hall–Kier alpha value is -0.0800. The Bertz CT molecular complexity index is 128. The first kappa shape index (κ1) is 11.0. The van der Waals surface area contributed by atoms with Crippen LogP contribution in [0.5, 0.6) is 0 Å². The van der Waals surface area contributed by atoms with E-state index in [0.29, 0.717) is 6.04 Å². The molecular weight excluding hydrogens is 160 g/mol. The maximum absolute atomic E-state index is 3.69. The lowest BCUT2D eigenvalue weighted by molar-refractivity contribution is 0.199. The Labute approximate surface area is 82.7 Å². The minimum atomic E-state index is 0.693. The van der Waals surface area contributed by atoms with Gasteiger partial charge in [0.15, 0.2) is 0 Å². The first-order valence-electron chi connectivity index (χ1n) is 5.74. The molecule has 1 saturated heterocycles. The lowest BCUT2D eigenvalue weighted by Gasteiger charge is -2.33. The third-order valence-electron chi connectivity index (χ3n) is 3.17. The van der Waals surface area contributed by atoms with Gasteiger partial charge >= 0.3 is 0 Å². The van der Waals surface area contributed by atoms with Crippen molar-refractivity contribution in [2.45, 2.75) is 52.1 Å². The average molecular weight is 184 g/mol. The second kappa shape index (κ2) is 5.61. The highest BCUT2D eigenvalue weighted by molar-refractivity contribution is 4.78. The molecule has 1 N–H and O–H groups in total. The van der Waals surface area contributed by atoms with E-state index in [0.717, 1.165) is 6.04 Å². The Kier molecular flexibility index (Phi) is 4.74. The van der Waals surface area contributed by atoms with E-state index < -0.39 is 0 Å². The Morgan fingerprint density at radius 2 is 1.92 bits per heavy atom. The molecule has 2 heteroatoms. The van der Waals surface area contributed by atoms with Crippen LogP contribution < -0.4 is 5.32 Å². The van der Waals surface area contributed by atoms with Gasteiger partial charge in [0.2, 0.25) is 0 Å². The van der Waals surface area contributed by atoms with Crippen molar-refractivity contribution < 1.29 is 0 Å². The lowest BCUT2D eigenvalue weighted by Crippen LogP contribution is -2.45. The normalized spacial score (nSPS) is 23.3. The largest absolute Gasteiger partial charge is 0.311 e. The van der Waals surface area contributed by atoms with Crippen LogP contribution in [0.15, 0.2) is 0 Å². The fourth-order valence-electron chi connectivity index (χ4n) is 1.94. The number of nitrogens with zero attached hydrogens (tertiary/aromatic N) is 1. The molecule has 0 amide bonds. The van der Waals surface area contributed by atoms with Crippen LogP contribution in [-0.2, 0) is 0 Å². The van der Waals surface area contributed by atoms with Gasteiger partial charge in [-0.25, -0.2) is 0 Å². The minimum Gasteiger partial charge on any atom is -0.311 e. The van der Waals surface area contributed by atoms with Gasteiger partial charge in [0.1, 0.15) is 0 Å². The summed E-state index contributed by atoms with van der Waals surface area (Å²) in [6.45, 7) is 10.6. The molecule has 78 valence electrons. The number of piperidine rings is 1. The van der Waals surface area contributed by atoms with Gasteiger partial charge in [-0.2, -0.15) is 0 Å². The molecule has 13 heavy (non-hydrogen) atoms. The van der Waals surface area contributed by atoms with E-state index in [2.05, 4.69) is 31.0 Å². The van der Waals surface area contributed by atoms with E-state index in [1.165, 1.54) is 38.9 Å². The molecule has 0 aromatic rings. The highest BCUT2D eigenvalue weighted by Crippen LogP contribution is 2.10. The summed E-state index contributed by atoms with van der Waals surface area (Å²) in [7, 11) is 0. The van der Waals surface area contributed by atoms with Crippen molar-refractivity contribution in [1.82, 2.24) is 10.2 Å². The van der Waals surface area contributed by atoms with Crippen LogP contribution in [0.4, 0.5) is 0 Å². The molecule has 1 heterocycles. The quantitative estimate of drug-likeness (QED) is 0.717. The summed E-state index contributed by atoms with van der Waals surface area (Å²) >= 11 is 0. The molecule has 1 aliphatic heterocycles. The standard InChI is InChI=1S/C11H24N2/c1-4-10(3)12-11-6-8-13(5-2)9-7-11/h10-12H,4-9H2,1-3H3. The first-order valence-corrected chi connectivity index (χ1v) is 5.74. The van der Waals surface area contributed by atoms with Crippen LogP contribution in [0.1, 0.15) is 40.0 Å². The van der Waals surface area contributed by atoms with Gasteiger partial charge in [0, 0.05) is 12.1 Å². The van der Waals surface area contributed by atoms with Gasteiger partial charge in [-0.1, -0.05) is 13.8 Å². The fraction of sp³-hybridized carbons (Fsp3) is 1.00. The van der Waals surface area contributed by atoms with Crippen molar-refractivity contribution in [3.8, 4) is 0 Å². The zero-order valence-corrected chi connectivity index (χ0v) is 9.34. The molecule has 2 nitrogen and oxygen atoms in total. The van der Waals surface area contributed by atoms with E-state index in [4.69, 9.17) is 0 Å². The van der Waals surface area contributed by atoms with Crippen molar-refractivity contribution in [1.29, 1.82) is 0 Å². The lowest BCUT2D eigenvalue weighted by atomic mass is 10.0. The minimum absolute atomic E-state index is 0.693. The smallest absolute Gasteiger partial charge is 0.00938 e. The molecule has 1 unspecified atom stereocenters. The van der Waals surface area contributed by atoms with E-state index in [-0.39, 0.29) is 0 Å². The SMILES string of the molecule is CCC(C)NC1CCN(CC)CC1. The van der Waals surface area contributed by atoms with Crippen LogP contribution >= 0.6 is 0 Å². The molecule has 1 rings (SSSR count). The Morgan fingerprint density at radius 1 is 1.31 bits per heavy atom. The summed E-state index contributed by atoms with van der Waals surface area (Å²) in [5.74, 6) is 0. The molecule has 0 spiro atoms. The van der Waals surface area contributed by atoms with Crippen molar-refractivity contribution in [3.63, 3.8) is 0 Å². The van der Waals surface area contributed by atoms with Gasteiger partial charge in [-0.05, 0) is 45.8 Å². The number of hydrogen-bond donors (Lipinski definition) is 1. The van der Waals surface area contributed by atoms with Gasteiger partial charge in [-0.3, -0.25) is 0 Å². The summed E-state index contributed by atoms with van der Waals surface area (Å²) in [6.07, 6.45) is 3.91. The van der Waals surface area contributed by atoms with Gasteiger partial charge in [-0.15, -0.1) is 0 Å². The second-order valence-electron chi connectivity index (χ2n) is 4.18. The zero-order valence-electron chi connectivity index (χ0n) is 9.34. The maximum Gasteiger partial charge on any atom is 0.00938 e.